The molecule has 0 aliphatic heterocycles. The van der Waals surface area contributed by atoms with Crippen molar-refractivity contribution >= 4 is 10.9 Å². The van der Waals surface area contributed by atoms with E-state index in [1.54, 1.807) is 0 Å². The van der Waals surface area contributed by atoms with Gasteiger partial charge in [0.25, 0.3) is 0 Å². The zero-order chi connectivity index (χ0) is 12.0. The zero-order valence-corrected chi connectivity index (χ0v) is 10.5. The summed E-state index contributed by atoms with van der Waals surface area (Å²) in [7, 11) is 0. The fraction of sp³-hybridized carbons (Fsp3) is 0.400. The molecule has 0 bridgehead atoms. The molecule has 2 nitrogen and oxygen atoms in total. The van der Waals surface area contributed by atoms with Gasteiger partial charge in [0.2, 0.25) is 0 Å². The molecule has 1 aliphatic rings. The normalized spacial score (nSPS) is 15.5. The Hall–Kier alpha value is -1.41. The first-order chi connectivity index (χ1) is 8.20. The van der Waals surface area contributed by atoms with E-state index in [4.69, 9.17) is 10.7 Å². The van der Waals surface area contributed by atoms with Crippen molar-refractivity contribution < 1.29 is 0 Å². The molecular formula is C15H18N2. The smallest absolute Gasteiger partial charge is 0.0740 e. The lowest BCUT2D eigenvalue weighted by molar-refractivity contribution is 1.00. The average Bonchev–Trinajstić information content (AvgIpc) is 3.17. The van der Waals surface area contributed by atoms with Gasteiger partial charge in [-0.2, -0.15) is 0 Å². The van der Waals surface area contributed by atoms with E-state index in [1.807, 2.05) is 0 Å². The molecule has 0 unspecified atom stereocenters. The highest BCUT2D eigenvalue weighted by molar-refractivity contribution is 5.86. The van der Waals surface area contributed by atoms with Crippen molar-refractivity contribution in [2.24, 2.45) is 5.73 Å². The topological polar surface area (TPSA) is 38.9 Å². The molecule has 2 aromatic rings. The van der Waals surface area contributed by atoms with Crippen LogP contribution < -0.4 is 5.73 Å². The minimum Gasteiger partial charge on any atom is -0.326 e. The van der Waals surface area contributed by atoms with Crippen LogP contribution in [0.5, 0.6) is 0 Å². The molecule has 1 saturated carbocycles. The van der Waals surface area contributed by atoms with E-state index in [9.17, 15) is 0 Å². The van der Waals surface area contributed by atoms with Gasteiger partial charge in [-0.1, -0.05) is 12.1 Å². The van der Waals surface area contributed by atoms with Gasteiger partial charge in [0, 0.05) is 23.5 Å². The molecule has 1 aromatic carbocycles. The Bertz CT molecular complexity index is 583. The fourth-order valence-corrected chi connectivity index (χ4v) is 2.38. The highest BCUT2D eigenvalue weighted by Gasteiger charge is 2.26. The van der Waals surface area contributed by atoms with Gasteiger partial charge in [0.1, 0.15) is 0 Å². The predicted octanol–water partition coefficient (Wildman–Crippen LogP) is 3.19. The van der Waals surface area contributed by atoms with E-state index >= 15 is 0 Å². The summed E-state index contributed by atoms with van der Waals surface area (Å²) < 4.78 is 0. The third-order valence-electron chi connectivity index (χ3n) is 3.83. The van der Waals surface area contributed by atoms with E-state index in [0.29, 0.717) is 12.5 Å². The lowest BCUT2D eigenvalue weighted by Crippen LogP contribution is -2.02. The summed E-state index contributed by atoms with van der Waals surface area (Å²) in [5.41, 5.74) is 12.1. The lowest BCUT2D eigenvalue weighted by atomic mass is 10.0. The van der Waals surface area contributed by atoms with Crippen molar-refractivity contribution in [3.8, 4) is 0 Å². The summed E-state index contributed by atoms with van der Waals surface area (Å²) in [6.07, 6.45) is 2.57. The predicted molar refractivity (Wildman–Crippen MR) is 71.1 cm³/mol. The Morgan fingerprint density at radius 1 is 1.29 bits per heavy atom. The number of hydrogen-bond donors (Lipinski definition) is 1. The van der Waals surface area contributed by atoms with Crippen LogP contribution in [0.25, 0.3) is 10.9 Å². The van der Waals surface area contributed by atoms with Crippen molar-refractivity contribution in [1.82, 2.24) is 4.98 Å². The molecule has 0 spiro atoms. The van der Waals surface area contributed by atoms with Crippen molar-refractivity contribution in [2.75, 3.05) is 0 Å². The summed E-state index contributed by atoms with van der Waals surface area (Å²) in [5, 5.41) is 1.22. The second-order valence-electron chi connectivity index (χ2n) is 5.09. The number of benzene rings is 1. The Kier molecular flexibility index (Phi) is 2.40. The number of fused-ring (bicyclic) bond motifs is 1. The van der Waals surface area contributed by atoms with Gasteiger partial charge in [0.05, 0.1) is 5.52 Å². The van der Waals surface area contributed by atoms with Crippen molar-refractivity contribution in [3.63, 3.8) is 0 Å². The molecule has 17 heavy (non-hydrogen) atoms. The van der Waals surface area contributed by atoms with Crippen LogP contribution in [0.15, 0.2) is 18.2 Å². The third kappa shape index (κ3) is 1.73. The van der Waals surface area contributed by atoms with E-state index < -0.39 is 0 Å². The van der Waals surface area contributed by atoms with E-state index in [-0.39, 0.29) is 0 Å². The number of aryl methyl sites for hydroxylation is 2. The SMILES string of the molecule is Cc1ccc2c(CN)cc(C3CC3)nc2c1C. The van der Waals surface area contributed by atoms with Gasteiger partial charge in [-0.05, 0) is 49.4 Å². The van der Waals surface area contributed by atoms with Crippen LogP contribution in [-0.4, -0.2) is 4.98 Å². The first-order valence-electron chi connectivity index (χ1n) is 6.30. The number of hydrogen-bond acceptors (Lipinski definition) is 2. The maximum absolute atomic E-state index is 5.87. The first kappa shape index (κ1) is 10.7. The molecular weight excluding hydrogens is 208 g/mol. The number of aromatic nitrogens is 1. The molecule has 0 radical (unpaired) electrons. The van der Waals surface area contributed by atoms with Gasteiger partial charge in [0.15, 0.2) is 0 Å². The van der Waals surface area contributed by atoms with Gasteiger partial charge >= 0.3 is 0 Å². The minimum absolute atomic E-state index is 0.598. The quantitative estimate of drug-likeness (QED) is 0.854. The van der Waals surface area contributed by atoms with E-state index in [2.05, 4.69) is 32.0 Å². The second kappa shape index (κ2) is 3.81. The summed E-state index contributed by atoms with van der Waals surface area (Å²) >= 11 is 0. The van der Waals surface area contributed by atoms with Crippen LogP contribution in [0.2, 0.25) is 0 Å². The summed E-state index contributed by atoms with van der Waals surface area (Å²) in [4.78, 5) is 4.85. The van der Waals surface area contributed by atoms with Crippen LogP contribution >= 0.6 is 0 Å². The van der Waals surface area contributed by atoms with Crippen LogP contribution in [0.3, 0.4) is 0 Å². The summed E-state index contributed by atoms with van der Waals surface area (Å²) in [6, 6.07) is 6.52. The molecule has 2 N–H and O–H groups in total. The molecule has 1 heterocycles. The fourth-order valence-electron chi connectivity index (χ4n) is 2.38. The molecule has 1 aromatic heterocycles. The van der Waals surface area contributed by atoms with Gasteiger partial charge in [-0.25, -0.2) is 0 Å². The molecule has 2 heteroatoms. The summed E-state index contributed by atoms with van der Waals surface area (Å²) in [5.74, 6) is 0.685. The standard InChI is InChI=1S/C15H18N2/c1-9-3-6-13-12(8-16)7-14(11-4-5-11)17-15(13)10(9)2/h3,6-7,11H,4-5,8,16H2,1-2H3. The largest absolute Gasteiger partial charge is 0.326 e. The van der Waals surface area contributed by atoms with Crippen LogP contribution in [-0.2, 0) is 6.54 Å². The van der Waals surface area contributed by atoms with Crippen molar-refractivity contribution in [3.05, 3.63) is 40.6 Å². The summed E-state index contributed by atoms with van der Waals surface area (Å²) in [6.45, 7) is 4.89. The molecule has 0 amide bonds. The van der Waals surface area contributed by atoms with Crippen LogP contribution in [0.4, 0.5) is 0 Å². The molecule has 1 aliphatic carbocycles. The monoisotopic (exact) mass is 226 g/mol. The van der Waals surface area contributed by atoms with Gasteiger partial charge < -0.3 is 5.73 Å². The maximum atomic E-state index is 5.87. The minimum atomic E-state index is 0.598. The van der Waals surface area contributed by atoms with E-state index in [0.717, 1.165) is 5.52 Å². The number of nitrogens with two attached hydrogens (primary N) is 1. The second-order valence-corrected chi connectivity index (χ2v) is 5.09. The Labute approximate surface area is 102 Å². The molecule has 3 rings (SSSR count). The van der Waals surface area contributed by atoms with Gasteiger partial charge in [-0.3, -0.25) is 4.98 Å². The molecule has 0 saturated heterocycles. The molecule has 0 atom stereocenters. The zero-order valence-electron chi connectivity index (χ0n) is 10.5. The third-order valence-corrected chi connectivity index (χ3v) is 3.83. The van der Waals surface area contributed by atoms with Gasteiger partial charge in [-0.15, -0.1) is 0 Å². The van der Waals surface area contributed by atoms with Crippen molar-refractivity contribution in [2.45, 2.75) is 39.2 Å². The first-order valence-corrected chi connectivity index (χ1v) is 6.30. The highest BCUT2D eigenvalue weighted by Crippen LogP contribution is 2.40. The Morgan fingerprint density at radius 3 is 2.71 bits per heavy atom. The number of pyridine rings is 1. The highest BCUT2D eigenvalue weighted by atomic mass is 14.7. The molecule has 88 valence electrons. The Morgan fingerprint density at radius 2 is 2.06 bits per heavy atom. The van der Waals surface area contributed by atoms with Crippen molar-refractivity contribution in [1.29, 1.82) is 0 Å². The maximum Gasteiger partial charge on any atom is 0.0740 e. The van der Waals surface area contributed by atoms with Crippen LogP contribution in [0, 0.1) is 13.8 Å². The van der Waals surface area contributed by atoms with Crippen LogP contribution in [0.1, 0.15) is 41.1 Å². The Balaban J connectivity index is 2.32. The number of rotatable bonds is 2. The van der Waals surface area contributed by atoms with E-state index in [1.165, 1.54) is 40.6 Å². The average molecular weight is 226 g/mol. The molecule has 1 fully saturated rings. The lowest BCUT2D eigenvalue weighted by Gasteiger charge is -2.11. The number of nitrogens with zero attached hydrogens (tertiary/aromatic N) is 1.